The molecule has 1 aliphatic rings. The zero-order valence-electron chi connectivity index (χ0n) is 12.5. The Morgan fingerprint density at radius 2 is 2.05 bits per heavy atom. The predicted octanol–water partition coefficient (Wildman–Crippen LogP) is 3.25. The molecule has 1 N–H and O–H groups in total. The summed E-state index contributed by atoms with van der Waals surface area (Å²) >= 11 is 0. The van der Waals surface area contributed by atoms with Gasteiger partial charge in [0.05, 0.1) is 6.61 Å². The zero-order chi connectivity index (χ0) is 14.7. The molecule has 1 rings (SSSR count). The Kier molecular flexibility index (Phi) is 5.36. The average molecular weight is 274 g/mol. The van der Waals surface area contributed by atoms with Crippen molar-refractivity contribution in [1.82, 2.24) is 0 Å². The lowest BCUT2D eigenvalue weighted by Gasteiger charge is -2.31. The number of rotatable bonds is 3. The fourth-order valence-corrected chi connectivity index (χ4v) is 2.90. The number of aliphatic hydroxyl groups is 1. The van der Waals surface area contributed by atoms with Crippen molar-refractivity contribution in [2.45, 2.75) is 71.6 Å². The quantitative estimate of drug-likeness (QED) is 0.635. The Hall–Kier alpha value is -0.640. The maximum atomic E-state index is 14.1. The van der Waals surface area contributed by atoms with Crippen LogP contribution in [-0.4, -0.2) is 29.5 Å². The van der Waals surface area contributed by atoms with E-state index in [1.165, 1.54) is 0 Å². The Morgan fingerprint density at radius 1 is 1.42 bits per heavy atom. The number of alkyl halides is 1. The van der Waals surface area contributed by atoms with Crippen molar-refractivity contribution < 1.29 is 19.0 Å². The lowest BCUT2D eigenvalue weighted by atomic mass is 9.76. The van der Waals surface area contributed by atoms with Gasteiger partial charge in [-0.05, 0) is 43.9 Å². The molecule has 0 saturated heterocycles. The van der Waals surface area contributed by atoms with Gasteiger partial charge in [0, 0.05) is 0 Å². The lowest BCUT2D eigenvalue weighted by Crippen LogP contribution is -2.45. The molecule has 19 heavy (non-hydrogen) atoms. The first-order valence-electron chi connectivity index (χ1n) is 7.24. The van der Waals surface area contributed by atoms with Crippen molar-refractivity contribution in [1.29, 1.82) is 0 Å². The molecule has 0 aromatic heterocycles. The molecule has 3 nitrogen and oxygen atoms in total. The van der Waals surface area contributed by atoms with Gasteiger partial charge in [0.1, 0.15) is 5.60 Å². The van der Waals surface area contributed by atoms with Crippen LogP contribution in [0, 0.1) is 11.3 Å². The third-order valence-electron chi connectivity index (χ3n) is 4.28. The van der Waals surface area contributed by atoms with Gasteiger partial charge < -0.3 is 9.84 Å². The number of esters is 1. The van der Waals surface area contributed by atoms with Crippen LogP contribution >= 0.6 is 0 Å². The molecule has 1 fully saturated rings. The number of halogens is 1. The summed E-state index contributed by atoms with van der Waals surface area (Å²) in [6, 6.07) is 0. The first-order chi connectivity index (χ1) is 8.70. The van der Waals surface area contributed by atoms with E-state index in [9.17, 15) is 14.3 Å². The highest BCUT2D eigenvalue weighted by Gasteiger charge is 2.45. The predicted molar refractivity (Wildman–Crippen MR) is 72.5 cm³/mol. The van der Waals surface area contributed by atoms with Crippen molar-refractivity contribution in [2.24, 2.45) is 11.3 Å². The summed E-state index contributed by atoms with van der Waals surface area (Å²) in [4.78, 5) is 11.5. The van der Waals surface area contributed by atoms with Crippen LogP contribution in [0.25, 0.3) is 0 Å². The van der Waals surface area contributed by atoms with Crippen molar-refractivity contribution in [3.8, 4) is 0 Å². The normalized spacial score (nSPS) is 30.5. The lowest BCUT2D eigenvalue weighted by molar-refractivity contribution is -0.161. The monoisotopic (exact) mass is 274 g/mol. The number of ether oxygens (including phenoxy) is 1. The molecule has 1 aliphatic carbocycles. The summed E-state index contributed by atoms with van der Waals surface area (Å²) in [7, 11) is 0. The molecule has 0 aromatic rings. The summed E-state index contributed by atoms with van der Waals surface area (Å²) in [5.41, 5.74) is -1.40. The van der Waals surface area contributed by atoms with Gasteiger partial charge in [-0.25, -0.2) is 9.18 Å². The van der Waals surface area contributed by atoms with Crippen LogP contribution in [0.5, 0.6) is 0 Å². The number of carbonyl (C=O) groups excluding carboxylic acids is 1. The largest absolute Gasteiger partial charge is 0.464 e. The standard InChI is InChI=1S/C15H27FO3/c1-5-19-13(17)12(16)15(18)9-6-7-11(8-10-15)14(2,3)4/h11-12,18H,5-10H2,1-4H3. The Bertz CT molecular complexity index is 311. The molecule has 0 bridgehead atoms. The van der Waals surface area contributed by atoms with Crippen LogP contribution in [0.2, 0.25) is 0 Å². The molecule has 0 heterocycles. The van der Waals surface area contributed by atoms with Gasteiger partial charge in [0.25, 0.3) is 0 Å². The minimum Gasteiger partial charge on any atom is -0.464 e. The van der Waals surface area contributed by atoms with Crippen LogP contribution in [0.1, 0.15) is 59.8 Å². The first kappa shape index (κ1) is 16.4. The Morgan fingerprint density at radius 3 is 2.58 bits per heavy atom. The fourth-order valence-electron chi connectivity index (χ4n) is 2.90. The number of hydrogen-bond donors (Lipinski definition) is 1. The number of hydrogen-bond acceptors (Lipinski definition) is 3. The topological polar surface area (TPSA) is 46.5 Å². The zero-order valence-corrected chi connectivity index (χ0v) is 12.5. The molecule has 1 saturated carbocycles. The SMILES string of the molecule is CCOC(=O)C(F)C1(O)CCCC(C(C)(C)C)CC1. The van der Waals surface area contributed by atoms with Gasteiger partial charge in [-0.2, -0.15) is 0 Å². The fraction of sp³-hybridized carbons (Fsp3) is 0.933. The smallest absolute Gasteiger partial charge is 0.343 e. The summed E-state index contributed by atoms with van der Waals surface area (Å²) in [6.07, 6.45) is 1.21. The minimum atomic E-state index is -1.92. The molecule has 3 unspecified atom stereocenters. The average Bonchev–Trinajstić information content (AvgIpc) is 2.51. The molecular weight excluding hydrogens is 247 g/mol. The Labute approximate surface area is 115 Å². The van der Waals surface area contributed by atoms with E-state index in [4.69, 9.17) is 0 Å². The summed E-state index contributed by atoms with van der Waals surface area (Å²) in [5, 5.41) is 10.4. The highest BCUT2D eigenvalue weighted by molar-refractivity contribution is 5.76. The third kappa shape index (κ3) is 4.16. The molecule has 112 valence electrons. The van der Waals surface area contributed by atoms with E-state index in [1.807, 2.05) is 0 Å². The first-order valence-corrected chi connectivity index (χ1v) is 7.24. The Balaban J connectivity index is 2.71. The maximum Gasteiger partial charge on any atom is 0.343 e. The van der Waals surface area contributed by atoms with Crippen molar-refractivity contribution in [3.05, 3.63) is 0 Å². The molecule has 0 spiro atoms. The molecule has 0 aromatic carbocycles. The highest BCUT2D eigenvalue weighted by atomic mass is 19.1. The van der Waals surface area contributed by atoms with E-state index in [2.05, 4.69) is 25.5 Å². The van der Waals surface area contributed by atoms with E-state index >= 15 is 0 Å². The summed E-state index contributed by atoms with van der Waals surface area (Å²) < 4.78 is 18.8. The van der Waals surface area contributed by atoms with Crippen LogP contribution in [0.15, 0.2) is 0 Å². The molecule has 4 heteroatoms. The van der Waals surface area contributed by atoms with Crippen molar-refractivity contribution in [3.63, 3.8) is 0 Å². The van der Waals surface area contributed by atoms with Gasteiger partial charge >= 0.3 is 5.97 Å². The van der Waals surface area contributed by atoms with E-state index in [0.717, 1.165) is 19.3 Å². The highest BCUT2D eigenvalue weighted by Crippen LogP contribution is 2.41. The van der Waals surface area contributed by atoms with Gasteiger partial charge in [0.2, 0.25) is 6.17 Å². The van der Waals surface area contributed by atoms with E-state index in [-0.39, 0.29) is 12.0 Å². The van der Waals surface area contributed by atoms with E-state index in [1.54, 1.807) is 6.92 Å². The second-order valence-corrected chi connectivity index (χ2v) is 6.71. The molecule has 0 radical (unpaired) electrons. The molecular formula is C15H27FO3. The third-order valence-corrected chi connectivity index (χ3v) is 4.28. The van der Waals surface area contributed by atoms with Crippen molar-refractivity contribution >= 4 is 5.97 Å². The van der Waals surface area contributed by atoms with Gasteiger partial charge in [-0.1, -0.05) is 27.2 Å². The molecule has 0 aliphatic heterocycles. The van der Waals surface area contributed by atoms with Crippen LogP contribution in [0.3, 0.4) is 0 Å². The van der Waals surface area contributed by atoms with Gasteiger partial charge in [-0.15, -0.1) is 0 Å². The van der Waals surface area contributed by atoms with E-state index < -0.39 is 17.7 Å². The van der Waals surface area contributed by atoms with Crippen LogP contribution in [-0.2, 0) is 9.53 Å². The van der Waals surface area contributed by atoms with Crippen LogP contribution < -0.4 is 0 Å². The summed E-state index contributed by atoms with van der Waals surface area (Å²) in [6.45, 7) is 8.28. The molecule has 0 amide bonds. The second-order valence-electron chi connectivity index (χ2n) is 6.71. The molecule has 3 atom stereocenters. The summed E-state index contributed by atoms with van der Waals surface area (Å²) in [5.74, 6) is -0.477. The van der Waals surface area contributed by atoms with Crippen molar-refractivity contribution in [2.75, 3.05) is 6.61 Å². The minimum absolute atomic E-state index is 0.139. The second kappa shape index (κ2) is 6.21. The van der Waals surface area contributed by atoms with Gasteiger partial charge in [0.15, 0.2) is 0 Å². The van der Waals surface area contributed by atoms with Gasteiger partial charge in [-0.3, -0.25) is 0 Å². The maximum absolute atomic E-state index is 14.1. The number of carbonyl (C=O) groups is 1. The van der Waals surface area contributed by atoms with E-state index in [0.29, 0.717) is 18.8 Å². The van der Waals surface area contributed by atoms with Crippen LogP contribution in [0.4, 0.5) is 4.39 Å².